The second kappa shape index (κ2) is 7.04. The molecule has 1 aromatic carbocycles. The van der Waals surface area contributed by atoms with E-state index in [0.29, 0.717) is 19.4 Å². The molecule has 0 saturated heterocycles. The minimum Gasteiger partial charge on any atom is -0.392 e. The van der Waals surface area contributed by atoms with Gasteiger partial charge in [-0.15, -0.1) is 0 Å². The zero-order chi connectivity index (χ0) is 15.2. The molecule has 0 spiro atoms. The van der Waals surface area contributed by atoms with E-state index in [-0.39, 0.29) is 12.5 Å². The Bertz CT molecular complexity index is 620. The highest BCUT2D eigenvalue weighted by Gasteiger charge is 2.08. The van der Waals surface area contributed by atoms with Crippen molar-refractivity contribution in [1.29, 1.82) is 0 Å². The summed E-state index contributed by atoms with van der Waals surface area (Å²) in [7, 11) is 1.89. The number of benzene rings is 1. The summed E-state index contributed by atoms with van der Waals surface area (Å²) in [6.07, 6.45) is 2.94. The second-order valence-electron chi connectivity index (χ2n) is 5.08. The maximum atomic E-state index is 11.9. The van der Waals surface area contributed by atoms with Crippen LogP contribution in [0.4, 0.5) is 0 Å². The summed E-state index contributed by atoms with van der Waals surface area (Å²) in [4.78, 5) is 11.9. The van der Waals surface area contributed by atoms with Gasteiger partial charge >= 0.3 is 0 Å². The molecule has 0 fully saturated rings. The highest BCUT2D eigenvalue weighted by atomic mass is 16.3. The van der Waals surface area contributed by atoms with Gasteiger partial charge in [-0.05, 0) is 30.0 Å². The number of carbonyl (C=O) groups excluding carboxylic acids is 1. The Morgan fingerprint density at radius 1 is 1.29 bits per heavy atom. The lowest BCUT2D eigenvalue weighted by Crippen LogP contribution is -2.23. The fourth-order valence-electron chi connectivity index (χ4n) is 2.20. The van der Waals surface area contributed by atoms with Crippen molar-refractivity contribution < 1.29 is 9.90 Å². The quantitative estimate of drug-likeness (QED) is 0.845. The molecule has 0 bridgehead atoms. The molecule has 2 aromatic rings. The molecule has 5 nitrogen and oxygen atoms in total. The van der Waals surface area contributed by atoms with E-state index in [1.54, 1.807) is 0 Å². The molecular weight excluding hydrogens is 266 g/mol. The Labute approximate surface area is 124 Å². The van der Waals surface area contributed by atoms with Gasteiger partial charge in [-0.3, -0.25) is 9.48 Å². The van der Waals surface area contributed by atoms with E-state index in [1.807, 2.05) is 49.1 Å². The van der Waals surface area contributed by atoms with Crippen LogP contribution in [-0.4, -0.2) is 20.8 Å². The number of aromatic nitrogens is 2. The van der Waals surface area contributed by atoms with Crippen molar-refractivity contribution in [3.8, 4) is 0 Å². The third-order valence-electron chi connectivity index (χ3n) is 3.72. The minimum absolute atomic E-state index is 0.00555. The van der Waals surface area contributed by atoms with Gasteiger partial charge in [0.25, 0.3) is 0 Å². The molecule has 2 rings (SSSR count). The smallest absolute Gasteiger partial charge is 0.220 e. The minimum atomic E-state index is -0.0130. The van der Waals surface area contributed by atoms with Crippen molar-refractivity contribution in [3.05, 3.63) is 52.8 Å². The van der Waals surface area contributed by atoms with Gasteiger partial charge in [-0.1, -0.05) is 24.3 Å². The van der Waals surface area contributed by atoms with Gasteiger partial charge in [-0.25, -0.2) is 0 Å². The van der Waals surface area contributed by atoms with E-state index in [2.05, 4.69) is 10.4 Å². The van der Waals surface area contributed by atoms with Gasteiger partial charge in [0.15, 0.2) is 0 Å². The summed E-state index contributed by atoms with van der Waals surface area (Å²) in [5, 5.41) is 16.3. The van der Waals surface area contributed by atoms with Crippen molar-refractivity contribution >= 4 is 5.91 Å². The first kappa shape index (κ1) is 15.3. The standard InChI is InChI=1S/C16H21N3O2/c1-12-13(10-18-19(12)2)7-8-16(21)17-9-14-5-3-4-6-15(14)11-20/h3-6,10,20H,7-9,11H2,1-2H3,(H,17,21). The van der Waals surface area contributed by atoms with Crippen LogP contribution in [0.2, 0.25) is 0 Å². The molecular formula is C16H21N3O2. The van der Waals surface area contributed by atoms with E-state index in [4.69, 9.17) is 0 Å². The number of nitrogens with one attached hydrogen (secondary N) is 1. The number of amides is 1. The van der Waals surface area contributed by atoms with Crippen LogP contribution in [0, 0.1) is 6.92 Å². The lowest BCUT2D eigenvalue weighted by molar-refractivity contribution is -0.121. The molecule has 0 unspecified atom stereocenters. The Hall–Kier alpha value is -2.14. The van der Waals surface area contributed by atoms with Crippen LogP contribution >= 0.6 is 0 Å². The SMILES string of the molecule is Cc1c(CCC(=O)NCc2ccccc2CO)cnn1C. The Morgan fingerprint density at radius 2 is 2.00 bits per heavy atom. The third-order valence-corrected chi connectivity index (χ3v) is 3.72. The molecule has 1 amide bonds. The largest absolute Gasteiger partial charge is 0.392 e. The summed E-state index contributed by atoms with van der Waals surface area (Å²) in [6.45, 7) is 2.43. The predicted molar refractivity (Wildman–Crippen MR) is 80.5 cm³/mol. The van der Waals surface area contributed by atoms with E-state index < -0.39 is 0 Å². The molecule has 0 aliphatic carbocycles. The number of aryl methyl sites for hydroxylation is 2. The van der Waals surface area contributed by atoms with Gasteiger partial charge in [-0.2, -0.15) is 5.10 Å². The number of aliphatic hydroxyl groups excluding tert-OH is 1. The van der Waals surface area contributed by atoms with Crippen molar-refractivity contribution in [3.63, 3.8) is 0 Å². The lowest BCUT2D eigenvalue weighted by atomic mass is 10.1. The molecule has 0 atom stereocenters. The number of hydrogen-bond acceptors (Lipinski definition) is 3. The summed E-state index contributed by atoms with van der Waals surface area (Å²) in [6, 6.07) is 7.55. The molecule has 0 saturated carbocycles. The third kappa shape index (κ3) is 3.92. The van der Waals surface area contributed by atoms with Crippen LogP contribution in [0.25, 0.3) is 0 Å². The highest BCUT2D eigenvalue weighted by Crippen LogP contribution is 2.10. The first-order valence-electron chi connectivity index (χ1n) is 7.03. The fraction of sp³-hybridized carbons (Fsp3) is 0.375. The van der Waals surface area contributed by atoms with E-state index in [0.717, 1.165) is 22.4 Å². The second-order valence-corrected chi connectivity index (χ2v) is 5.08. The topological polar surface area (TPSA) is 67.2 Å². The molecule has 2 N–H and O–H groups in total. The van der Waals surface area contributed by atoms with Gasteiger partial charge < -0.3 is 10.4 Å². The van der Waals surface area contributed by atoms with Crippen molar-refractivity contribution in [2.75, 3.05) is 0 Å². The van der Waals surface area contributed by atoms with Crippen LogP contribution in [0.15, 0.2) is 30.5 Å². The Balaban J connectivity index is 1.84. The zero-order valence-electron chi connectivity index (χ0n) is 12.5. The Morgan fingerprint density at radius 3 is 2.62 bits per heavy atom. The van der Waals surface area contributed by atoms with Crippen LogP contribution in [0.5, 0.6) is 0 Å². The molecule has 1 heterocycles. The van der Waals surface area contributed by atoms with Gasteiger partial charge in [0.1, 0.15) is 0 Å². The normalized spacial score (nSPS) is 10.6. The number of rotatable bonds is 6. The summed E-state index contributed by atoms with van der Waals surface area (Å²) >= 11 is 0. The predicted octanol–water partition coefficient (Wildman–Crippen LogP) is 1.47. The number of carbonyl (C=O) groups is 1. The van der Waals surface area contributed by atoms with Crippen molar-refractivity contribution in [1.82, 2.24) is 15.1 Å². The molecule has 0 radical (unpaired) electrons. The average Bonchev–Trinajstić information content (AvgIpc) is 2.82. The van der Waals surface area contributed by atoms with E-state index >= 15 is 0 Å². The van der Waals surface area contributed by atoms with E-state index in [9.17, 15) is 9.90 Å². The summed E-state index contributed by atoms with van der Waals surface area (Å²) in [5.41, 5.74) is 3.99. The number of aliphatic hydroxyl groups is 1. The number of nitrogens with zero attached hydrogens (tertiary/aromatic N) is 2. The monoisotopic (exact) mass is 287 g/mol. The zero-order valence-corrected chi connectivity index (χ0v) is 12.5. The molecule has 0 aliphatic heterocycles. The maximum absolute atomic E-state index is 11.9. The van der Waals surface area contributed by atoms with Crippen LogP contribution < -0.4 is 5.32 Å². The van der Waals surface area contributed by atoms with E-state index in [1.165, 1.54) is 0 Å². The summed E-state index contributed by atoms with van der Waals surface area (Å²) < 4.78 is 1.81. The lowest BCUT2D eigenvalue weighted by Gasteiger charge is -2.09. The van der Waals surface area contributed by atoms with Crippen molar-refractivity contribution in [2.24, 2.45) is 7.05 Å². The fourth-order valence-corrected chi connectivity index (χ4v) is 2.20. The molecule has 112 valence electrons. The molecule has 1 aromatic heterocycles. The number of hydrogen-bond donors (Lipinski definition) is 2. The Kier molecular flexibility index (Phi) is 5.11. The molecule has 5 heteroatoms. The average molecular weight is 287 g/mol. The van der Waals surface area contributed by atoms with Crippen LogP contribution in [0.1, 0.15) is 28.8 Å². The van der Waals surface area contributed by atoms with Crippen LogP contribution in [-0.2, 0) is 31.4 Å². The van der Waals surface area contributed by atoms with Crippen LogP contribution in [0.3, 0.4) is 0 Å². The van der Waals surface area contributed by atoms with Gasteiger partial charge in [0.05, 0.1) is 12.8 Å². The first-order chi connectivity index (χ1) is 10.1. The molecule has 0 aliphatic rings. The summed E-state index contributed by atoms with van der Waals surface area (Å²) in [5.74, 6) is 0.00555. The van der Waals surface area contributed by atoms with Gasteiger partial charge in [0.2, 0.25) is 5.91 Å². The first-order valence-corrected chi connectivity index (χ1v) is 7.03. The van der Waals surface area contributed by atoms with Crippen molar-refractivity contribution in [2.45, 2.75) is 32.9 Å². The highest BCUT2D eigenvalue weighted by molar-refractivity contribution is 5.76. The van der Waals surface area contributed by atoms with Gasteiger partial charge in [0, 0.05) is 25.7 Å². The molecule has 21 heavy (non-hydrogen) atoms. The maximum Gasteiger partial charge on any atom is 0.220 e.